The fourth-order valence-electron chi connectivity index (χ4n) is 7.94. The highest BCUT2D eigenvalue weighted by Crippen LogP contribution is 2.58. The lowest BCUT2D eigenvalue weighted by Crippen LogP contribution is -2.51. The van der Waals surface area contributed by atoms with Gasteiger partial charge in [0.15, 0.2) is 0 Å². The monoisotopic (exact) mass is 586 g/mol. The SMILES string of the molecule is COc1ccc(C23CCC(CN(C(=O)C4CCCCC4)c4cc(-c5cnn(C(C)(C)C)c5)c(F)cn4)(CC2)CC3)cc1C. The van der Waals surface area contributed by atoms with Gasteiger partial charge in [-0.1, -0.05) is 31.4 Å². The summed E-state index contributed by atoms with van der Waals surface area (Å²) < 4.78 is 22.6. The summed E-state index contributed by atoms with van der Waals surface area (Å²) in [5.74, 6) is 1.29. The number of pyridine rings is 1. The lowest BCUT2D eigenvalue weighted by atomic mass is 9.51. The van der Waals surface area contributed by atoms with Crippen LogP contribution in [0.5, 0.6) is 5.75 Å². The summed E-state index contributed by atoms with van der Waals surface area (Å²) in [6.45, 7) is 8.99. The number of hydrogen-bond donors (Lipinski definition) is 0. The van der Waals surface area contributed by atoms with Crippen LogP contribution in [0.25, 0.3) is 11.1 Å². The lowest BCUT2D eigenvalue weighted by Gasteiger charge is -2.55. The smallest absolute Gasteiger partial charge is 0.231 e. The third-order valence-corrected chi connectivity index (χ3v) is 10.8. The number of aromatic nitrogens is 3. The van der Waals surface area contributed by atoms with Crippen molar-refractivity contribution >= 4 is 11.7 Å². The van der Waals surface area contributed by atoms with Crippen LogP contribution in [0.3, 0.4) is 0 Å². The number of ether oxygens (including phenoxy) is 1. The van der Waals surface area contributed by atoms with Crippen LogP contribution in [0.2, 0.25) is 0 Å². The normalized spacial score (nSPS) is 24.2. The third-order valence-electron chi connectivity index (χ3n) is 10.8. The summed E-state index contributed by atoms with van der Waals surface area (Å²) >= 11 is 0. The van der Waals surface area contributed by atoms with Crippen molar-refractivity contribution in [2.45, 2.75) is 109 Å². The number of benzene rings is 1. The molecule has 7 rings (SSSR count). The van der Waals surface area contributed by atoms with Crippen molar-refractivity contribution in [2.24, 2.45) is 11.3 Å². The molecule has 4 aliphatic rings. The van der Waals surface area contributed by atoms with Gasteiger partial charge in [-0.05, 0) is 113 Å². The molecule has 0 spiro atoms. The zero-order chi connectivity index (χ0) is 30.4. The Bertz CT molecular complexity index is 1460. The Balaban J connectivity index is 1.29. The second-order valence-electron chi connectivity index (χ2n) is 14.6. The van der Waals surface area contributed by atoms with Crippen LogP contribution in [-0.4, -0.2) is 34.3 Å². The fourth-order valence-corrected chi connectivity index (χ4v) is 7.94. The first kappa shape index (κ1) is 29.8. The summed E-state index contributed by atoms with van der Waals surface area (Å²) in [6, 6.07) is 8.48. The van der Waals surface area contributed by atoms with E-state index >= 15 is 4.39 Å². The van der Waals surface area contributed by atoms with Crippen molar-refractivity contribution in [3.63, 3.8) is 0 Å². The van der Waals surface area contributed by atoms with Crippen LogP contribution < -0.4 is 9.64 Å². The topological polar surface area (TPSA) is 60.2 Å². The summed E-state index contributed by atoms with van der Waals surface area (Å²) in [5.41, 5.74) is 3.80. The Kier molecular flexibility index (Phi) is 7.89. The van der Waals surface area contributed by atoms with E-state index in [1.54, 1.807) is 19.4 Å². The van der Waals surface area contributed by atoms with Crippen molar-refractivity contribution in [1.29, 1.82) is 0 Å². The van der Waals surface area contributed by atoms with Crippen molar-refractivity contribution in [3.05, 3.63) is 59.8 Å². The Morgan fingerprint density at radius 1 is 1.05 bits per heavy atom. The second kappa shape index (κ2) is 11.4. The van der Waals surface area contributed by atoms with Crippen LogP contribution in [-0.2, 0) is 15.7 Å². The number of fused-ring (bicyclic) bond motifs is 3. The first-order valence-electron chi connectivity index (χ1n) is 16.2. The van der Waals surface area contributed by atoms with E-state index in [0.717, 1.165) is 70.0 Å². The van der Waals surface area contributed by atoms with E-state index in [1.807, 2.05) is 15.8 Å². The molecule has 2 heterocycles. The first-order valence-corrected chi connectivity index (χ1v) is 16.2. The molecule has 43 heavy (non-hydrogen) atoms. The van der Waals surface area contributed by atoms with Crippen LogP contribution in [0.1, 0.15) is 103 Å². The minimum atomic E-state index is -0.393. The Morgan fingerprint density at radius 2 is 1.74 bits per heavy atom. The Labute approximate surface area is 256 Å². The minimum Gasteiger partial charge on any atom is -0.496 e. The molecule has 230 valence electrons. The maximum Gasteiger partial charge on any atom is 0.231 e. The van der Waals surface area contributed by atoms with Crippen molar-refractivity contribution in [1.82, 2.24) is 14.8 Å². The molecule has 4 aliphatic carbocycles. The van der Waals surface area contributed by atoms with Crippen molar-refractivity contribution in [3.8, 4) is 16.9 Å². The zero-order valence-electron chi connectivity index (χ0n) is 26.6. The quantitative estimate of drug-likeness (QED) is 0.279. The number of rotatable bonds is 7. The molecule has 1 aromatic carbocycles. The van der Waals surface area contributed by atoms with E-state index < -0.39 is 5.82 Å². The first-order chi connectivity index (χ1) is 20.5. The number of carbonyl (C=O) groups is 1. The molecular formula is C36H47FN4O2. The minimum absolute atomic E-state index is 0.0117. The predicted octanol–water partition coefficient (Wildman–Crippen LogP) is 8.36. The molecule has 0 aliphatic heterocycles. The average Bonchev–Trinajstić information content (AvgIpc) is 3.52. The van der Waals surface area contributed by atoms with Crippen LogP contribution >= 0.6 is 0 Å². The van der Waals surface area contributed by atoms with Gasteiger partial charge in [0.25, 0.3) is 0 Å². The Hall–Kier alpha value is -3.22. The summed E-state index contributed by atoms with van der Waals surface area (Å²) in [4.78, 5) is 20.8. The number of halogens is 1. The van der Waals surface area contributed by atoms with E-state index in [0.29, 0.717) is 23.5 Å². The third kappa shape index (κ3) is 5.72. The van der Waals surface area contributed by atoms with Gasteiger partial charge in [-0.3, -0.25) is 14.4 Å². The molecule has 4 fully saturated rings. The molecule has 4 saturated carbocycles. The summed E-state index contributed by atoms with van der Waals surface area (Å²) in [6.07, 6.45) is 16.7. The molecule has 6 nitrogen and oxygen atoms in total. The van der Waals surface area contributed by atoms with Crippen molar-refractivity contribution < 1.29 is 13.9 Å². The maximum atomic E-state index is 15.3. The molecule has 7 heteroatoms. The molecule has 2 bridgehead atoms. The largest absolute Gasteiger partial charge is 0.496 e. The zero-order valence-corrected chi connectivity index (χ0v) is 26.6. The number of anilines is 1. The van der Waals surface area contributed by atoms with Gasteiger partial charge in [0.1, 0.15) is 17.4 Å². The van der Waals surface area contributed by atoms with Gasteiger partial charge in [0.2, 0.25) is 5.91 Å². The van der Waals surface area contributed by atoms with Gasteiger partial charge in [-0.15, -0.1) is 0 Å². The summed E-state index contributed by atoms with van der Waals surface area (Å²) in [7, 11) is 1.73. The number of aryl methyl sites for hydroxylation is 1. The number of methoxy groups -OCH3 is 1. The maximum absolute atomic E-state index is 15.3. The van der Waals surface area contributed by atoms with Crippen molar-refractivity contribution in [2.75, 3.05) is 18.6 Å². The van der Waals surface area contributed by atoms with E-state index in [-0.39, 0.29) is 28.2 Å². The van der Waals surface area contributed by atoms with Gasteiger partial charge in [0.05, 0.1) is 25.0 Å². The van der Waals surface area contributed by atoms with E-state index in [9.17, 15) is 4.79 Å². The van der Waals surface area contributed by atoms with E-state index in [2.05, 4.69) is 56.0 Å². The Morgan fingerprint density at radius 3 is 2.35 bits per heavy atom. The van der Waals surface area contributed by atoms with E-state index in [4.69, 9.17) is 4.74 Å². The molecule has 0 N–H and O–H groups in total. The lowest BCUT2D eigenvalue weighted by molar-refractivity contribution is -0.124. The standard InChI is InChI=1S/C36H47FN4O2/c1-25-19-28(11-12-31(25)43-5)36-16-13-35(14-17-36,15-18-36)24-40(33(42)26-9-7-6-8-10-26)32-20-29(30(37)22-38-32)27-21-39-41(23-27)34(2,3)4/h11-12,19-23,26H,6-10,13-18,24H2,1-5H3. The molecule has 0 unspecified atom stereocenters. The van der Waals surface area contributed by atoms with E-state index in [1.165, 1.54) is 23.7 Å². The highest BCUT2D eigenvalue weighted by Gasteiger charge is 2.50. The van der Waals surface area contributed by atoms with Gasteiger partial charge in [-0.2, -0.15) is 5.10 Å². The van der Waals surface area contributed by atoms with Gasteiger partial charge < -0.3 is 4.74 Å². The fraction of sp³-hybridized carbons (Fsp3) is 0.583. The number of amides is 1. The van der Waals surface area contributed by atoms with Gasteiger partial charge in [0, 0.05) is 29.8 Å². The van der Waals surface area contributed by atoms with Crippen LogP contribution in [0.4, 0.5) is 10.2 Å². The highest BCUT2D eigenvalue weighted by molar-refractivity contribution is 5.95. The number of hydrogen-bond acceptors (Lipinski definition) is 4. The molecule has 0 atom stereocenters. The van der Waals surface area contributed by atoms with Crippen LogP contribution in [0, 0.1) is 24.1 Å². The molecule has 0 saturated heterocycles. The van der Waals surface area contributed by atoms with Gasteiger partial charge >= 0.3 is 0 Å². The average molecular weight is 587 g/mol. The summed E-state index contributed by atoms with van der Waals surface area (Å²) in [5, 5.41) is 4.50. The predicted molar refractivity (Wildman–Crippen MR) is 169 cm³/mol. The molecule has 2 aromatic heterocycles. The van der Waals surface area contributed by atoms with Gasteiger partial charge in [-0.25, -0.2) is 9.37 Å². The number of nitrogens with zero attached hydrogens (tertiary/aromatic N) is 4. The highest BCUT2D eigenvalue weighted by atomic mass is 19.1. The molecule has 3 aromatic rings. The number of carbonyl (C=O) groups excluding carboxylic acids is 1. The molecular weight excluding hydrogens is 539 g/mol. The second-order valence-corrected chi connectivity index (χ2v) is 14.6. The molecule has 0 radical (unpaired) electrons. The van der Waals surface area contributed by atoms with Crippen LogP contribution in [0.15, 0.2) is 42.9 Å². The molecule has 1 amide bonds.